The van der Waals surface area contributed by atoms with Gasteiger partial charge in [-0.2, -0.15) is 0 Å². The lowest BCUT2D eigenvalue weighted by atomic mass is 9.83. The normalized spacial score (nSPS) is 23.6. The summed E-state index contributed by atoms with van der Waals surface area (Å²) in [5.41, 5.74) is 8.20. The van der Waals surface area contributed by atoms with Crippen LogP contribution in [0.15, 0.2) is 12.1 Å². The van der Waals surface area contributed by atoms with E-state index in [9.17, 15) is 0 Å². The van der Waals surface area contributed by atoms with Gasteiger partial charge in [0.15, 0.2) is 0 Å². The first-order chi connectivity index (χ1) is 9.77. The predicted octanol–water partition coefficient (Wildman–Crippen LogP) is 3.60. The minimum absolute atomic E-state index is 0.00453. The van der Waals surface area contributed by atoms with Crippen molar-refractivity contribution in [1.82, 2.24) is 4.90 Å². The first-order valence-electron chi connectivity index (χ1n) is 7.56. The lowest BCUT2D eigenvalue weighted by Gasteiger charge is -2.28. The molecule has 0 amide bonds. The maximum atomic E-state index is 6.38. The molecule has 1 aromatic rings. The van der Waals surface area contributed by atoms with Gasteiger partial charge in [0.1, 0.15) is 5.75 Å². The largest absolute Gasteiger partial charge is 0.496 e. The Morgan fingerprint density at radius 2 is 2.05 bits per heavy atom. The van der Waals surface area contributed by atoms with Gasteiger partial charge < -0.3 is 10.5 Å². The molecular weight excluding hydrogens is 284 g/mol. The monoisotopic (exact) mass is 310 g/mol. The van der Waals surface area contributed by atoms with Gasteiger partial charge in [-0.1, -0.05) is 32.4 Å². The highest BCUT2D eigenvalue weighted by Gasteiger charge is 2.33. The third-order valence-corrected chi connectivity index (χ3v) is 4.64. The van der Waals surface area contributed by atoms with E-state index in [1.807, 2.05) is 6.07 Å². The van der Waals surface area contributed by atoms with Crippen molar-refractivity contribution in [2.24, 2.45) is 11.7 Å². The number of nitrogens with zero attached hydrogens (tertiary/aromatic N) is 1. The van der Waals surface area contributed by atoms with Crippen LogP contribution in [-0.4, -0.2) is 32.1 Å². The smallest absolute Gasteiger partial charge is 0.127 e. The van der Waals surface area contributed by atoms with E-state index in [0.717, 1.165) is 35.8 Å². The highest BCUT2D eigenvalue weighted by Crippen LogP contribution is 2.44. The van der Waals surface area contributed by atoms with Gasteiger partial charge in [-0.3, -0.25) is 4.90 Å². The number of ether oxygens (including phenoxy) is 1. The van der Waals surface area contributed by atoms with Crippen LogP contribution in [0, 0.1) is 5.92 Å². The molecular formula is C17H27ClN2O. The number of hydrogen-bond acceptors (Lipinski definition) is 3. The Morgan fingerprint density at radius 1 is 1.38 bits per heavy atom. The van der Waals surface area contributed by atoms with Gasteiger partial charge in [0, 0.05) is 28.7 Å². The van der Waals surface area contributed by atoms with E-state index in [2.05, 4.69) is 38.8 Å². The molecule has 1 aromatic carbocycles. The van der Waals surface area contributed by atoms with Crippen molar-refractivity contribution in [2.75, 3.05) is 27.2 Å². The second-order valence-electron chi connectivity index (χ2n) is 7.12. The molecule has 1 heterocycles. The molecule has 1 saturated heterocycles. The van der Waals surface area contributed by atoms with Gasteiger partial charge in [-0.05, 0) is 43.5 Å². The van der Waals surface area contributed by atoms with Crippen molar-refractivity contribution in [3.05, 3.63) is 28.3 Å². The molecule has 1 aliphatic heterocycles. The molecule has 4 heteroatoms. The van der Waals surface area contributed by atoms with E-state index in [1.54, 1.807) is 7.11 Å². The van der Waals surface area contributed by atoms with Crippen molar-refractivity contribution in [2.45, 2.75) is 38.6 Å². The quantitative estimate of drug-likeness (QED) is 0.927. The molecule has 0 bridgehead atoms. The van der Waals surface area contributed by atoms with Crippen LogP contribution in [0.2, 0.25) is 5.02 Å². The Balaban J connectivity index is 2.51. The highest BCUT2D eigenvalue weighted by atomic mass is 35.5. The van der Waals surface area contributed by atoms with Crippen LogP contribution in [0.4, 0.5) is 0 Å². The Hall–Kier alpha value is -0.770. The first kappa shape index (κ1) is 16.6. The topological polar surface area (TPSA) is 38.5 Å². The summed E-state index contributed by atoms with van der Waals surface area (Å²) in [6, 6.07) is 4.41. The van der Waals surface area contributed by atoms with Crippen LogP contribution >= 0.6 is 11.6 Å². The van der Waals surface area contributed by atoms with Crippen molar-refractivity contribution in [3.8, 4) is 5.75 Å². The minimum Gasteiger partial charge on any atom is -0.496 e. The molecule has 2 rings (SSSR count). The number of methoxy groups -OCH3 is 1. The molecule has 0 radical (unpaired) electrons. The molecule has 2 N–H and O–H groups in total. The molecule has 0 saturated carbocycles. The zero-order valence-electron chi connectivity index (χ0n) is 13.7. The standard InChI is InChI=1S/C17H27ClN2O/c1-17(2,3)14-8-12(18)7-13(16(14)21-5)15-6-11(9-19)10-20(15)4/h7-8,11,15H,6,9-10,19H2,1-5H3. The fraction of sp³-hybridized carbons (Fsp3) is 0.647. The first-order valence-corrected chi connectivity index (χ1v) is 7.94. The molecule has 0 aliphatic carbocycles. The van der Waals surface area contributed by atoms with Gasteiger partial charge in [-0.25, -0.2) is 0 Å². The Bertz CT molecular complexity index is 510. The van der Waals surface area contributed by atoms with Gasteiger partial charge >= 0.3 is 0 Å². The average Bonchev–Trinajstić information content (AvgIpc) is 2.78. The maximum Gasteiger partial charge on any atom is 0.127 e. The van der Waals surface area contributed by atoms with Crippen LogP contribution in [-0.2, 0) is 5.41 Å². The third-order valence-electron chi connectivity index (χ3n) is 4.42. The van der Waals surface area contributed by atoms with Crippen molar-refractivity contribution in [3.63, 3.8) is 0 Å². The average molecular weight is 311 g/mol. The molecule has 2 atom stereocenters. The number of benzene rings is 1. The zero-order valence-corrected chi connectivity index (χ0v) is 14.5. The lowest BCUT2D eigenvalue weighted by molar-refractivity contribution is 0.301. The summed E-state index contributed by atoms with van der Waals surface area (Å²) in [6.07, 6.45) is 1.06. The molecule has 0 spiro atoms. The minimum atomic E-state index is -0.00453. The molecule has 3 nitrogen and oxygen atoms in total. The Kier molecular flexibility index (Phi) is 4.86. The summed E-state index contributed by atoms with van der Waals surface area (Å²) in [5.74, 6) is 1.52. The number of hydrogen-bond donors (Lipinski definition) is 1. The second-order valence-corrected chi connectivity index (χ2v) is 7.56. The Labute approximate surface area is 133 Å². The lowest BCUT2D eigenvalue weighted by Crippen LogP contribution is -2.22. The molecule has 21 heavy (non-hydrogen) atoms. The summed E-state index contributed by atoms with van der Waals surface area (Å²) < 4.78 is 5.77. The van der Waals surface area contributed by atoms with Crippen LogP contribution in [0.5, 0.6) is 5.75 Å². The van der Waals surface area contributed by atoms with Crippen LogP contribution in [0.25, 0.3) is 0 Å². The van der Waals surface area contributed by atoms with Crippen molar-refractivity contribution >= 4 is 11.6 Å². The third kappa shape index (κ3) is 3.36. The number of likely N-dealkylation sites (tertiary alicyclic amines) is 1. The van der Waals surface area contributed by atoms with E-state index in [1.165, 1.54) is 5.56 Å². The number of halogens is 1. The fourth-order valence-corrected chi connectivity index (χ4v) is 3.51. The van der Waals surface area contributed by atoms with E-state index >= 15 is 0 Å². The van der Waals surface area contributed by atoms with Crippen molar-refractivity contribution < 1.29 is 4.74 Å². The van der Waals surface area contributed by atoms with Crippen LogP contribution < -0.4 is 10.5 Å². The summed E-state index contributed by atoms with van der Waals surface area (Å²) >= 11 is 6.38. The van der Waals surface area contributed by atoms with Crippen LogP contribution in [0.1, 0.15) is 44.4 Å². The number of rotatable bonds is 3. The molecule has 118 valence electrons. The fourth-order valence-electron chi connectivity index (χ4n) is 3.29. The summed E-state index contributed by atoms with van der Waals surface area (Å²) in [7, 11) is 3.90. The van der Waals surface area contributed by atoms with Crippen LogP contribution in [0.3, 0.4) is 0 Å². The van der Waals surface area contributed by atoms with Gasteiger partial charge in [0.05, 0.1) is 7.11 Å². The van der Waals surface area contributed by atoms with E-state index in [4.69, 9.17) is 22.1 Å². The van der Waals surface area contributed by atoms with Gasteiger partial charge in [0.2, 0.25) is 0 Å². The summed E-state index contributed by atoms with van der Waals surface area (Å²) in [4.78, 5) is 2.36. The number of nitrogens with two attached hydrogens (primary N) is 1. The summed E-state index contributed by atoms with van der Waals surface area (Å²) in [6.45, 7) is 8.32. The van der Waals surface area contributed by atoms with Gasteiger partial charge in [-0.15, -0.1) is 0 Å². The van der Waals surface area contributed by atoms with Gasteiger partial charge in [0.25, 0.3) is 0 Å². The predicted molar refractivity (Wildman–Crippen MR) is 89.2 cm³/mol. The second kappa shape index (κ2) is 6.15. The molecule has 1 aliphatic rings. The zero-order chi connectivity index (χ0) is 15.8. The highest BCUT2D eigenvalue weighted by molar-refractivity contribution is 6.30. The van der Waals surface area contributed by atoms with E-state index < -0.39 is 0 Å². The molecule has 2 unspecified atom stereocenters. The SMILES string of the molecule is COc1c(C2CC(CN)CN2C)cc(Cl)cc1C(C)(C)C. The van der Waals surface area contributed by atoms with Crippen molar-refractivity contribution in [1.29, 1.82) is 0 Å². The van der Waals surface area contributed by atoms with E-state index in [0.29, 0.717) is 12.0 Å². The Morgan fingerprint density at radius 3 is 2.52 bits per heavy atom. The molecule has 0 aromatic heterocycles. The van der Waals surface area contributed by atoms with E-state index in [-0.39, 0.29) is 5.41 Å². The maximum absolute atomic E-state index is 6.38. The summed E-state index contributed by atoms with van der Waals surface area (Å²) in [5, 5.41) is 0.778. The molecule has 1 fully saturated rings.